The van der Waals surface area contributed by atoms with E-state index >= 15 is 0 Å². The van der Waals surface area contributed by atoms with Gasteiger partial charge in [0, 0.05) is 18.1 Å². The third kappa shape index (κ3) is 3.29. The summed E-state index contributed by atoms with van der Waals surface area (Å²) in [5, 5.41) is 8.22. The van der Waals surface area contributed by atoms with Gasteiger partial charge in [-0.2, -0.15) is 0 Å². The van der Waals surface area contributed by atoms with Crippen molar-refractivity contribution >= 4 is 56.8 Å². The van der Waals surface area contributed by atoms with E-state index < -0.39 is 5.91 Å². The lowest BCUT2D eigenvalue weighted by Gasteiger charge is -2.08. The molecule has 4 aromatic rings. The molecule has 0 aliphatic rings. The van der Waals surface area contributed by atoms with Crippen molar-refractivity contribution < 1.29 is 9.21 Å². The molecule has 0 aliphatic heterocycles. The molecule has 3 aromatic heterocycles. The van der Waals surface area contributed by atoms with E-state index in [1.165, 1.54) is 0 Å². The van der Waals surface area contributed by atoms with Gasteiger partial charge in [0.2, 0.25) is 11.7 Å². The molecule has 0 fully saturated rings. The molecule has 0 unspecified atom stereocenters. The molecule has 0 saturated carbocycles. The smallest absolute Gasteiger partial charge is 0.286 e. The van der Waals surface area contributed by atoms with Gasteiger partial charge in [0.15, 0.2) is 0 Å². The highest BCUT2D eigenvalue weighted by Crippen LogP contribution is 2.36. The number of anilines is 3. The lowest BCUT2D eigenvalue weighted by atomic mass is 10.1. The molecular formula is C19H17ClN6O2. The number of nitrogens with one attached hydrogen (secondary N) is 2. The van der Waals surface area contributed by atoms with E-state index in [0.717, 1.165) is 22.7 Å². The quantitative estimate of drug-likeness (QED) is 0.420. The van der Waals surface area contributed by atoms with Gasteiger partial charge in [-0.3, -0.25) is 4.79 Å². The summed E-state index contributed by atoms with van der Waals surface area (Å²) in [4.78, 5) is 24.6. The Morgan fingerprint density at radius 3 is 2.82 bits per heavy atom. The SMILES string of the molecule is CCCNc1c(C(N)=O)oc2ccc3nc(Nc4nccc(Cl)n4)ccc3c12. The van der Waals surface area contributed by atoms with Crippen LogP contribution < -0.4 is 16.4 Å². The van der Waals surface area contributed by atoms with Crippen LogP contribution in [0.3, 0.4) is 0 Å². The van der Waals surface area contributed by atoms with Crippen LogP contribution >= 0.6 is 11.6 Å². The summed E-state index contributed by atoms with van der Waals surface area (Å²) in [6, 6.07) is 8.88. The van der Waals surface area contributed by atoms with E-state index in [0.29, 0.717) is 34.7 Å². The largest absolute Gasteiger partial charge is 0.449 e. The number of nitrogens with zero attached hydrogens (tertiary/aromatic N) is 3. The van der Waals surface area contributed by atoms with Gasteiger partial charge in [0.05, 0.1) is 16.6 Å². The summed E-state index contributed by atoms with van der Waals surface area (Å²) in [6.07, 6.45) is 2.45. The summed E-state index contributed by atoms with van der Waals surface area (Å²) >= 11 is 5.89. The number of pyridine rings is 1. The van der Waals surface area contributed by atoms with E-state index in [1.54, 1.807) is 24.4 Å². The fourth-order valence-electron chi connectivity index (χ4n) is 2.97. The van der Waals surface area contributed by atoms with Crippen molar-refractivity contribution in [2.24, 2.45) is 5.73 Å². The number of hydrogen-bond donors (Lipinski definition) is 3. The molecule has 0 spiro atoms. The monoisotopic (exact) mass is 396 g/mol. The molecular weight excluding hydrogens is 380 g/mol. The fraction of sp³-hybridized carbons (Fsp3) is 0.158. The van der Waals surface area contributed by atoms with Crippen LogP contribution in [-0.4, -0.2) is 27.4 Å². The molecule has 142 valence electrons. The van der Waals surface area contributed by atoms with Crippen molar-refractivity contribution in [1.29, 1.82) is 0 Å². The summed E-state index contributed by atoms with van der Waals surface area (Å²) in [6.45, 7) is 2.72. The lowest BCUT2D eigenvalue weighted by Crippen LogP contribution is -2.13. The van der Waals surface area contributed by atoms with Crippen LogP contribution in [0.1, 0.15) is 23.9 Å². The van der Waals surface area contributed by atoms with Crippen LogP contribution in [0, 0.1) is 0 Å². The first-order chi connectivity index (χ1) is 13.6. The highest BCUT2D eigenvalue weighted by atomic mass is 35.5. The Kier molecular flexibility index (Phi) is 4.70. The number of primary amides is 1. The predicted octanol–water partition coefficient (Wildman–Crippen LogP) is 4.09. The highest BCUT2D eigenvalue weighted by Gasteiger charge is 2.20. The zero-order valence-electron chi connectivity index (χ0n) is 15.0. The summed E-state index contributed by atoms with van der Waals surface area (Å²) in [7, 11) is 0. The second-order valence-corrected chi connectivity index (χ2v) is 6.51. The molecule has 0 radical (unpaired) electrons. The molecule has 4 N–H and O–H groups in total. The van der Waals surface area contributed by atoms with Crippen molar-refractivity contribution in [3.63, 3.8) is 0 Å². The first-order valence-corrected chi connectivity index (χ1v) is 9.10. The van der Waals surface area contributed by atoms with E-state index in [-0.39, 0.29) is 5.76 Å². The Labute approximate surface area is 165 Å². The van der Waals surface area contributed by atoms with Gasteiger partial charge in [-0.1, -0.05) is 18.5 Å². The molecule has 9 heteroatoms. The Morgan fingerprint density at radius 2 is 2.07 bits per heavy atom. The summed E-state index contributed by atoms with van der Waals surface area (Å²) < 4.78 is 5.69. The minimum atomic E-state index is -0.618. The average Bonchev–Trinajstić information content (AvgIpc) is 3.05. The number of halogens is 1. The van der Waals surface area contributed by atoms with Crippen molar-refractivity contribution in [1.82, 2.24) is 15.0 Å². The Balaban J connectivity index is 1.82. The number of benzene rings is 1. The Morgan fingerprint density at radius 1 is 1.21 bits per heavy atom. The molecule has 0 bridgehead atoms. The molecule has 28 heavy (non-hydrogen) atoms. The third-order valence-electron chi connectivity index (χ3n) is 4.16. The van der Waals surface area contributed by atoms with Crippen LogP contribution in [-0.2, 0) is 0 Å². The highest BCUT2D eigenvalue weighted by molar-refractivity contribution is 6.29. The minimum absolute atomic E-state index is 0.116. The van der Waals surface area contributed by atoms with Crippen LogP contribution in [0.25, 0.3) is 21.9 Å². The average molecular weight is 397 g/mol. The van der Waals surface area contributed by atoms with Crippen LogP contribution in [0.4, 0.5) is 17.5 Å². The van der Waals surface area contributed by atoms with Gasteiger partial charge >= 0.3 is 0 Å². The summed E-state index contributed by atoms with van der Waals surface area (Å²) in [5.74, 6) is 0.415. The first-order valence-electron chi connectivity index (χ1n) is 8.72. The van der Waals surface area contributed by atoms with Crippen LogP contribution in [0.15, 0.2) is 40.9 Å². The molecule has 0 saturated heterocycles. The van der Waals surface area contributed by atoms with Crippen molar-refractivity contribution in [3.8, 4) is 0 Å². The molecule has 8 nitrogen and oxygen atoms in total. The second-order valence-electron chi connectivity index (χ2n) is 6.13. The standard InChI is InChI=1S/C19H17ClN6O2/c1-2-8-22-16-15-10-3-6-14(26-19-23-9-7-13(20)25-19)24-11(10)4-5-12(15)28-17(16)18(21)27/h3-7,9,22H,2,8H2,1H3,(H2,21,27)(H,23,24,25,26). The minimum Gasteiger partial charge on any atom is -0.449 e. The van der Waals surface area contributed by atoms with Gasteiger partial charge < -0.3 is 20.8 Å². The van der Waals surface area contributed by atoms with Crippen molar-refractivity contribution in [2.45, 2.75) is 13.3 Å². The number of hydrogen-bond acceptors (Lipinski definition) is 7. The summed E-state index contributed by atoms with van der Waals surface area (Å²) in [5.41, 5.74) is 7.38. The first kappa shape index (κ1) is 18.0. The zero-order valence-corrected chi connectivity index (χ0v) is 15.7. The Hall–Kier alpha value is -3.39. The molecule has 3 heterocycles. The maximum absolute atomic E-state index is 11.8. The number of fused-ring (bicyclic) bond motifs is 3. The number of rotatable bonds is 6. The molecule has 0 aliphatic carbocycles. The number of aromatic nitrogens is 3. The topological polar surface area (TPSA) is 119 Å². The van der Waals surface area contributed by atoms with E-state index in [1.807, 2.05) is 19.1 Å². The maximum atomic E-state index is 11.8. The molecule has 1 amide bonds. The lowest BCUT2D eigenvalue weighted by molar-refractivity contribution is 0.0977. The predicted molar refractivity (Wildman–Crippen MR) is 109 cm³/mol. The number of furan rings is 1. The number of amides is 1. The normalized spacial score (nSPS) is 11.1. The van der Waals surface area contributed by atoms with Crippen molar-refractivity contribution in [2.75, 3.05) is 17.2 Å². The van der Waals surface area contributed by atoms with Gasteiger partial charge in [-0.25, -0.2) is 15.0 Å². The van der Waals surface area contributed by atoms with Gasteiger partial charge in [-0.05, 0) is 36.8 Å². The maximum Gasteiger partial charge on any atom is 0.286 e. The van der Waals surface area contributed by atoms with Gasteiger partial charge in [-0.15, -0.1) is 0 Å². The molecule has 4 rings (SSSR count). The van der Waals surface area contributed by atoms with E-state index in [2.05, 4.69) is 25.6 Å². The third-order valence-corrected chi connectivity index (χ3v) is 4.37. The number of carbonyl (C=O) groups excluding carboxylic acids is 1. The number of carbonyl (C=O) groups is 1. The fourth-order valence-corrected chi connectivity index (χ4v) is 3.11. The van der Waals surface area contributed by atoms with Gasteiger partial charge in [0.25, 0.3) is 5.91 Å². The van der Waals surface area contributed by atoms with Gasteiger partial charge in [0.1, 0.15) is 16.6 Å². The van der Waals surface area contributed by atoms with Crippen molar-refractivity contribution in [3.05, 3.63) is 47.4 Å². The molecule has 1 aromatic carbocycles. The zero-order chi connectivity index (χ0) is 19.7. The molecule has 0 atom stereocenters. The van der Waals surface area contributed by atoms with Crippen LogP contribution in [0.2, 0.25) is 5.15 Å². The number of nitrogens with two attached hydrogens (primary N) is 1. The van der Waals surface area contributed by atoms with Crippen LogP contribution in [0.5, 0.6) is 0 Å². The van der Waals surface area contributed by atoms with E-state index in [9.17, 15) is 4.79 Å². The Bertz CT molecular complexity index is 1190. The second kappa shape index (κ2) is 7.32. The van der Waals surface area contributed by atoms with E-state index in [4.69, 9.17) is 21.8 Å².